The summed E-state index contributed by atoms with van der Waals surface area (Å²) in [6.45, 7) is 11.6. The van der Waals surface area contributed by atoms with Crippen LogP contribution in [0.3, 0.4) is 0 Å². The summed E-state index contributed by atoms with van der Waals surface area (Å²) in [5, 5.41) is 0.717. The van der Waals surface area contributed by atoms with E-state index in [0.717, 1.165) is 25.7 Å². The quantitative estimate of drug-likeness (QED) is 0.514. The summed E-state index contributed by atoms with van der Waals surface area (Å²) in [6, 6.07) is 0. The zero-order valence-electron chi connectivity index (χ0n) is 10.8. The van der Waals surface area contributed by atoms with Crippen LogP contribution < -0.4 is 0 Å². The van der Waals surface area contributed by atoms with Crippen molar-refractivity contribution < 1.29 is 4.43 Å². The van der Waals surface area contributed by atoms with E-state index in [2.05, 4.69) is 33.9 Å². The van der Waals surface area contributed by atoms with Gasteiger partial charge in [-0.15, -0.1) is 11.6 Å². The van der Waals surface area contributed by atoms with Gasteiger partial charge in [0.1, 0.15) is 0 Å². The molecule has 0 N–H and O–H groups in total. The van der Waals surface area contributed by atoms with Gasteiger partial charge in [0, 0.05) is 11.5 Å². The number of hydrogen-bond acceptors (Lipinski definition) is 1. The van der Waals surface area contributed by atoms with E-state index < -0.39 is 8.32 Å². The average Bonchev–Trinajstić information content (AvgIpc) is 2.06. The maximum Gasteiger partial charge on any atom is 0.192 e. The minimum atomic E-state index is -1.56. The van der Waals surface area contributed by atoms with Gasteiger partial charge in [-0.2, -0.15) is 0 Å². The summed E-state index contributed by atoms with van der Waals surface area (Å²) in [6.07, 6.45) is 5.03. The molecule has 0 amide bonds. The molecule has 0 aliphatic heterocycles. The molecule has 0 unspecified atom stereocenters. The van der Waals surface area contributed by atoms with Crippen LogP contribution in [0.2, 0.25) is 18.1 Å². The first-order valence-corrected chi connectivity index (χ1v) is 9.39. The van der Waals surface area contributed by atoms with Crippen molar-refractivity contribution in [2.45, 2.75) is 76.1 Å². The summed E-state index contributed by atoms with van der Waals surface area (Å²) in [4.78, 5) is 0. The van der Waals surface area contributed by atoms with Crippen molar-refractivity contribution in [2.75, 3.05) is 0 Å². The van der Waals surface area contributed by atoms with Crippen molar-refractivity contribution in [3.63, 3.8) is 0 Å². The molecule has 1 aliphatic rings. The van der Waals surface area contributed by atoms with Gasteiger partial charge >= 0.3 is 0 Å². The molecule has 0 aromatic rings. The van der Waals surface area contributed by atoms with Gasteiger partial charge in [-0.1, -0.05) is 20.8 Å². The molecule has 0 atom stereocenters. The Balaban J connectivity index is 2.48. The number of rotatable bonds is 2. The fourth-order valence-corrected chi connectivity index (χ4v) is 3.41. The molecule has 0 saturated heterocycles. The molecule has 0 radical (unpaired) electrons. The Kier molecular flexibility index (Phi) is 4.30. The second-order valence-electron chi connectivity index (χ2n) is 6.25. The highest BCUT2D eigenvalue weighted by Crippen LogP contribution is 2.39. The van der Waals surface area contributed by atoms with E-state index in [9.17, 15) is 0 Å². The third kappa shape index (κ3) is 3.76. The summed E-state index contributed by atoms with van der Waals surface area (Å²) < 4.78 is 6.37. The van der Waals surface area contributed by atoms with Crippen molar-refractivity contribution in [1.82, 2.24) is 0 Å². The fourth-order valence-electron chi connectivity index (χ4n) is 1.73. The predicted molar refractivity (Wildman–Crippen MR) is 70.2 cm³/mol. The van der Waals surface area contributed by atoms with Crippen LogP contribution in [0.25, 0.3) is 0 Å². The Bertz CT molecular complexity index is 202. The van der Waals surface area contributed by atoms with E-state index in [0.29, 0.717) is 16.5 Å². The van der Waals surface area contributed by atoms with Gasteiger partial charge in [-0.25, -0.2) is 0 Å². The zero-order valence-corrected chi connectivity index (χ0v) is 12.5. The van der Waals surface area contributed by atoms with Crippen LogP contribution in [0.5, 0.6) is 0 Å². The summed E-state index contributed by atoms with van der Waals surface area (Å²) >= 11 is 6.10. The molecular weight excluding hydrogens is 224 g/mol. The van der Waals surface area contributed by atoms with Gasteiger partial charge in [0.25, 0.3) is 0 Å². The minimum absolute atomic E-state index is 0.324. The van der Waals surface area contributed by atoms with E-state index in [4.69, 9.17) is 16.0 Å². The molecule has 0 aromatic carbocycles. The fraction of sp³-hybridized carbons (Fsp3) is 1.00. The lowest BCUT2D eigenvalue weighted by atomic mass is 9.98. The monoisotopic (exact) mass is 248 g/mol. The normalized spacial score (nSPS) is 29.2. The van der Waals surface area contributed by atoms with Crippen molar-refractivity contribution in [1.29, 1.82) is 0 Å². The smallest absolute Gasteiger partial charge is 0.192 e. The van der Waals surface area contributed by atoms with Gasteiger partial charge in [0.05, 0.1) is 0 Å². The first-order chi connectivity index (χ1) is 6.72. The van der Waals surface area contributed by atoms with Crippen LogP contribution in [0.1, 0.15) is 46.5 Å². The largest absolute Gasteiger partial charge is 0.414 e. The Labute approximate surface area is 101 Å². The molecule has 90 valence electrons. The first kappa shape index (κ1) is 13.5. The predicted octanol–water partition coefficient (Wildman–Crippen LogP) is 4.56. The van der Waals surface area contributed by atoms with Crippen molar-refractivity contribution in [3.8, 4) is 0 Å². The molecule has 0 aromatic heterocycles. The Morgan fingerprint density at radius 1 is 1.07 bits per heavy atom. The van der Waals surface area contributed by atoms with E-state index in [1.54, 1.807) is 0 Å². The summed E-state index contributed by atoms with van der Waals surface area (Å²) in [5.74, 6) is 0. The lowest BCUT2D eigenvalue weighted by Crippen LogP contribution is -2.44. The molecule has 1 rings (SSSR count). The average molecular weight is 249 g/mol. The van der Waals surface area contributed by atoms with Crippen LogP contribution in [-0.4, -0.2) is 19.8 Å². The molecule has 15 heavy (non-hydrogen) atoms. The second-order valence-corrected chi connectivity index (χ2v) is 11.6. The molecule has 1 fully saturated rings. The Morgan fingerprint density at radius 2 is 1.53 bits per heavy atom. The molecule has 1 nitrogen and oxygen atoms in total. The minimum Gasteiger partial charge on any atom is -0.414 e. The molecule has 0 spiro atoms. The zero-order chi connectivity index (χ0) is 11.7. The van der Waals surface area contributed by atoms with Crippen LogP contribution in [0.4, 0.5) is 0 Å². The highest BCUT2D eigenvalue weighted by molar-refractivity contribution is 6.74. The lowest BCUT2D eigenvalue weighted by Gasteiger charge is -2.40. The van der Waals surface area contributed by atoms with Gasteiger partial charge in [0.15, 0.2) is 8.32 Å². The summed E-state index contributed by atoms with van der Waals surface area (Å²) in [7, 11) is -1.56. The van der Waals surface area contributed by atoms with Crippen molar-refractivity contribution in [2.24, 2.45) is 0 Å². The second kappa shape index (κ2) is 4.76. The Hall–Kier alpha value is 0.467. The molecule has 1 saturated carbocycles. The maximum atomic E-state index is 6.37. The van der Waals surface area contributed by atoms with Crippen LogP contribution in [0.15, 0.2) is 0 Å². The van der Waals surface area contributed by atoms with E-state index in [1.807, 2.05) is 0 Å². The van der Waals surface area contributed by atoms with Crippen LogP contribution >= 0.6 is 11.6 Å². The van der Waals surface area contributed by atoms with Gasteiger partial charge in [-0.05, 0) is 43.8 Å². The molecule has 1 aliphatic carbocycles. The van der Waals surface area contributed by atoms with Gasteiger partial charge < -0.3 is 4.43 Å². The highest BCUT2D eigenvalue weighted by atomic mass is 35.5. The first-order valence-electron chi connectivity index (χ1n) is 6.04. The molecular formula is C12H25ClOSi. The third-order valence-corrected chi connectivity index (χ3v) is 8.84. The maximum absolute atomic E-state index is 6.37. The Morgan fingerprint density at radius 3 is 1.93 bits per heavy atom. The van der Waals surface area contributed by atoms with Crippen LogP contribution in [0, 0.1) is 0 Å². The standard InChI is InChI=1S/C12H25ClOSi/c1-12(2,3)15(4,5)14-11-8-6-10(13)7-9-11/h10-11H,6-9H2,1-5H3. The third-order valence-electron chi connectivity index (χ3n) is 3.87. The van der Waals surface area contributed by atoms with E-state index >= 15 is 0 Å². The number of hydrogen-bond donors (Lipinski definition) is 0. The van der Waals surface area contributed by atoms with Gasteiger partial charge in [0.2, 0.25) is 0 Å². The molecule has 0 bridgehead atoms. The lowest BCUT2D eigenvalue weighted by molar-refractivity contribution is 0.139. The van der Waals surface area contributed by atoms with Crippen LogP contribution in [-0.2, 0) is 4.43 Å². The van der Waals surface area contributed by atoms with E-state index in [1.165, 1.54) is 0 Å². The number of alkyl halides is 1. The van der Waals surface area contributed by atoms with Crippen molar-refractivity contribution in [3.05, 3.63) is 0 Å². The number of halogens is 1. The SMILES string of the molecule is CC(C)(C)[Si](C)(C)OC1CCC(Cl)CC1. The summed E-state index contributed by atoms with van der Waals surface area (Å²) in [5.41, 5.74) is 0. The van der Waals surface area contributed by atoms with Gasteiger partial charge in [-0.3, -0.25) is 0 Å². The molecule has 3 heteroatoms. The highest BCUT2D eigenvalue weighted by Gasteiger charge is 2.39. The van der Waals surface area contributed by atoms with E-state index in [-0.39, 0.29) is 0 Å². The molecule has 0 heterocycles. The topological polar surface area (TPSA) is 9.23 Å². The van der Waals surface area contributed by atoms with Crippen molar-refractivity contribution >= 4 is 19.9 Å².